The Labute approximate surface area is 140 Å². The summed E-state index contributed by atoms with van der Waals surface area (Å²) in [7, 11) is 0. The number of para-hydroxylation sites is 2. The zero-order chi connectivity index (χ0) is 17.2. The van der Waals surface area contributed by atoms with E-state index in [0.29, 0.717) is 18.0 Å². The molecule has 0 saturated carbocycles. The van der Waals surface area contributed by atoms with Crippen LogP contribution in [0.5, 0.6) is 5.75 Å². The molecule has 0 fully saturated rings. The van der Waals surface area contributed by atoms with Gasteiger partial charge in [0.1, 0.15) is 11.4 Å². The fraction of sp³-hybridized carbons (Fsp3) is 0.294. The minimum atomic E-state index is -0.359. The second-order valence-electron chi connectivity index (χ2n) is 4.99. The molecule has 0 atom stereocenters. The number of ether oxygens (including phenoxy) is 1. The SMILES string of the molecule is CCCOc1ccccc1NC(=O)CCNC(=O)c1cnccn1. The predicted molar refractivity (Wildman–Crippen MR) is 89.8 cm³/mol. The van der Waals surface area contributed by atoms with Gasteiger partial charge in [-0.1, -0.05) is 19.1 Å². The van der Waals surface area contributed by atoms with Crippen LogP contribution in [0.2, 0.25) is 0 Å². The Bertz CT molecular complexity index is 677. The molecule has 0 aliphatic carbocycles. The highest BCUT2D eigenvalue weighted by Crippen LogP contribution is 2.23. The maximum atomic E-state index is 12.0. The molecule has 0 radical (unpaired) electrons. The van der Waals surface area contributed by atoms with Gasteiger partial charge >= 0.3 is 0 Å². The first-order valence-corrected chi connectivity index (χ1v) is 7.76. The van der Waals surface area contributed by atoms with Crippen LogP contribution in [0.1, 0.15) is 30.3 Å². The van der Waals surface area contributed by atoms with Crippen molar-refractivity contribution in [1.29, 1.82) is 0 Å². The minimum absolute atomic E-state index is 0.147. The highest BCUT2D eigenvalue weighted by atomic mass is 16.5. The lowest BCUT2D eigenvalue weighted by atomic mass is 10.2. The van der Waals surface area contributed by atoms with Crippen LogP contribution in [0.15, 0.2) is 42.9 Å². The Balaban J connectivity index is 1.80. The van der Waals surface area contributed by atoms with Crippen molar-refractivity contribution in [3.05, 3.63) is 48.5 Å². The first-order chi connectivity index (χ1) is 11.7. The molecule has 24 heavy (non-hydrogen) atoms. The molecular formula is C17H20N4O3. The highest BCUT2D eigenvalue weighted by molar-refractivity contribution is 5.94. The number of nitrogens with one attached hydrogen (secondary N) is 2. The van der Waals surface area contributed by atoms with E-state index < -0.39 is 0 Å². The van der Waals surface area contributed by atoms with Crippen molar-refractivity contribution in [2.24, 2.45) is 0 Å². The van der Waals surface area contributed by atoms with E-state index in [4.69, 9.17) is 4.74 Å². The summed E-state index contributed by atoms with van der Waals surface area (Å²) in [6.07, 6.45) is 5.33. The number of benzene rings is 1. The van der Waals surface area contributed by atoms with Crippen LogP contribution in [0, 0.1) is 0 Å². The quantitative estimate of drug-likeness (QED) is 0.773. The third-order valence-electron chi connectivity index (χ3n) is 3.06. The number of anilines is 1. The zero-order valence-electron chi connectivity index (χ0n) is 13.5. The average molecular weight is 328 g/mol. The van der Waals surface area contributed by atoms with E-state index in [0.717, 1.165) is 6.42 Å². The molecule has 2 N–H and O–H groups in total. The fourth-order valence-electron chi connectivity index (χ4n) is 1.92. The number of carbonyl (C=O) groups is 2. The van der Waals surface area contributed by atoms with E-state index in [9.17, 15) is 9.59 Å². The van der Waals surface area contributed by atoms with Gasteiger partial charge in [0, 0.05) is 25.4 Å². The molecule has 0 aliphatic heterocycles. The molecule has 1 aromatic carbocycles. The third kappa shape index (κ3) is 5.35. The van der Waals surface area contributed by atoms with Crippen LogP contribution >= 0.6 is 0 Å². The van der Waals surface area contributed by atoms with Crippen LogP contribution in [-0.4, -0.2) is 34.9 Å². The topological polar surface area (TPSA) is 93.2 Å². The number of amides is 2. The van der Waals surface area contributed by atoms with Gasteiger partial charge in [0.25, 0.3) is 5.91 Å². The van der Waals surface area contributed by atoms with E-state index in [1.165, 1.54) is 18.6 Å². The Hall–Kier alpha value is -2.96. The molecule has 1 heterocycles. The lowest BCUT2D eigenvalue weighted by Gasteiger charge is -2.12. The van der Waals surface area contributed by atoms with Crippen molar-refractivity contribution in [2.45, 2.75) is 19.8 Å². The molecule has 2 rings (SSSR count). The molecule has 2 amide bonds. The van der Waals surface area contributed by atoms with Crippen molar-refractivity contribution < 1.29 is 14.3 Å². The number of carbonyl (C=O) groups excluding carboxylic acids is 2. The maximum absolute atomic E-state index is 12.0. The van der Waals surface area contributed by atoms with Crippen LogP contribution < -0.4 is 15.4 Å². The van der Waals surface area contributed by atoms with Crippen LogP contribution in [0.4, 0.5) is 5.69 Å². The molecule has 0 saturated heterocycles. The standard InChI is InChI=1S/C17H20N4O3/c1-2-11-24-15-6-4-3-5-13(15)21-16(22)7-8-20-17(23)14-12-18-9-10-19-14/h3-6,9-10,12H,2,7-8,11H2,1H3,(H,20,23)(H,21,22). The zero-order valence-corrected chi connectivity index (χ0v) is 13.5. The molecule has 0 bridgehead atoms. The number of nitrogens with zero attached hydrogens (tertiary/aromatic N) is 2. The predicted octanol–water partition coefficient (Wildman–Crippen LogP) is 2.02. The summed E-state index contributed by atoms with van der Waals surface area (Å²) in [5.74, 6) is 0.0702. The maximum Gasteiger partial charge on any atom is 0.271 e. The van der Waals surface area contributed by atoms with Crippen molar-refractivity contribution in [1.82, 2.24) is 15.3 Å². The normalized spacial score (nSPS) is 10.0. The summed E-state index contributed by atoms with van der Waals surface area (Å²) in [5.41, 5.74) is 0.840. The van der Waals surface area contributed by atoms with E-state index in [2.05, 4.69) is 20.6 Å². The van der Waals surface area contributed by atoms with Crippen molar-refractivity contribution in [3.8, 4) is 5.75 Å². The summed E-state index contributed by atoms with van der Waals surface area (Å²) >= 11 is 0. The summed E-state index contributed by atoms with van der Waals surface area (Å²) in [6, 6.07) is 7.26. The minimum Gasteiger partial charge on any atom is -0.491 e. The smallest absolute Gasteiger partial charge is 0.271 e. The van der Waals surface area contributed by atoms with E-state index >= 15 is 0 Å². The van der Waals surface area contributed by atoms with Gasteiger partial charge in [-0.3, -0.25) is 14.6 Å². The molecule has 7 heteroatoms. The van der Waals surface area contributed by atoms with Gasteiger partial charge in [-0.15, -0.1) is 0 Å². The lowest BCUT2D eigenvalue weighted by Crippen LogP contribution is -2.28. The second kappa shape index (κ2) is 9.24. The van der Waals surface area contributed by atoms with E-state index in [1.807, 2.05) is 19.1 Å². The Morgan fingerprint density at radius 2 is 2.04 bits per heavy atom. The molecule has 1 aromatic heterocycles. The first-order valence-electron chi connectivity index (χ1n) is 7.76. The number of aromatic nitrogens is 2. The largest absolute Gasteiger partial charge is 0.491 e. The van der Waals surface area contributed by atoms with Gasteiger partial charge in [0.2, 0.25) is 5.91 Å². The van der Waals surface area contributed by atoms with Crippen molar-refractivity contribution in [2.75, 3.05) is 18.5 Å². The molecular weight excluding hydrogens is 308 g/mol. The van der Waals surface area contributed by atoms with E-state index in [1.54, 1.807) is 12.1 Å². The Morgan fingerprint density at radius 3 is 2.79 bits per heavy atom. The summed E-state index contributed by atoms with van der Waals surface area (Å²) in [6.45, 7) is 2.81. The lowest BCUT2D eigenvalue weighted by molar-refractivity contribution is -0.116. The molecule has 0 unspecified atom stereocenters. The molecule has 0 aliphatic rings. The van der Waals surface area contributed by atoms with Crippen molar-refractivity contribution in [3.63, 3.8) is 0 Å². The number of hydrogen-bond donors (Lipinski definition) is 2. The van der Waals surface area contributed by atoms with Crippen LogP contribution in [0.25, 0.3) is 0 Å². The highest BCUT2D eigenvalue weighted by Gasteiger charge is 2.10. The molecule has 7 nitrogen and oxygen atoms in total. The Kier molecular flexibility index (Phi) is 6.70. The number of hydrogen-bond acceptors (Lipinski definition) is 5. The molecule has 0 spiro atoms. The fourth-order valence-corrected chi connectivity index (χ4v) is 1.92. The molecule has 2 aromatic rings. The summed E-state index contributed by atoms with van der Waals surface area (Å²) in [4.78, 5) is 31.5. The van der Waals surface area contributed by atoms with Gasteiger partial charge < -0.3 is 15.4 Å². The average Bonchev–Trinajstić information content (AvgIpc) is 2.61. The van der Waals surface area contributed by atoms with Crippen molar-refractivity contribution >= 4 is 17.5 Å². The summed E-state index contributed by atoms with van der Waals surface area (Å²) in [5, 5.41) is 5.42. The van der Waals surface area contributed by atoms with Crippen LogP contribution in [0.3, 0.4) is 0 Å². The van der Waals surface area contributed by atoms with Crippen LogP contribution in [-0.2, 0) is 4.79 Å². The van der Waals surface area contributed by atoms with Gasteiger partial charge in [0.15, 0.2) is 0 Å². The summed E-state index contributed by atoms with van der Waals surface area (Å²) < 4.78 is 5.59. The molecule has 126 valence electrons. The Morgan fingerprint density at radius 1 is 1.21 bits per heavy atom. The second-order valence-corrected chi connectivity index (χ2v) is 4.99. The van der Waals surface area contributed by atoms with E-state index in [-0.39, 0.29) is 30.5 Å². The monoisotopic (exact) mass is 328 g/mol. The van der Waals surface area contributed by atoms with Gasteiger partial charge in [-0.05, 0) is 18.6 Å². The first kappa shape index (κ1) is 17.4. The van der Waals surface area contributed by atoms with Gasteiger partial charge in [-0.25, -0.2) is 4.98 Å². The van der Waals surface area contributed by atoms with Gasteiger partial charge in [0.05, 0.1) is 18.5 Å². The third-order valence-corrected chi connectivity index (χ3v) is 3.06. The number of rotatable bonds is 8. The van der Waals surface area contributed by atoms with Gasteiger partial charge in [-0.2, -0.15) is 0 Å².